The summed E-state index contributed by atoms with van der Waals surface area (Å²) in [5.74, 6) is 0.684. The van der Waals surface area contributed by atoms with Crippen molar-refractivity contribution in [2.24, 2.45) is 0 Å². The topological polar surface area (TPSA) is 77.7 Å². The number of benzene rings is 2. The fraction of sp³-hybridized carbons (Fsp3) is 0.391. The van der Waals surface area contributed by atoms with Crippen LogP contribution in [0, 0.1) is 0 Å². The van der Waals surface area contributed by atoms with Gasteiger partial charge in [-0.2, -0.15) is 0 Å². The largest absolute Gasteiger partial charge is 0.598 e. The highest BCUT2D eigenvalue weighted by atomic mass is 32.2. The van der Waals surface area contributed by atoms with Crippen molar-refractivity contribution in [1.29, 1.82) is 0 Å². The van der Waals surface area contributed by atoms with E-state index in [0.717, 1.165) is 22.1 Å². The van der Waals surface area contributed by atoms with E-state index in [4.69, 9.17) is 9.15 Å². The van der Waals surface area contributed by atoms with Crippen LogP contribution in [0.2, 0.25) is 0 Å². The number of hydrogen-bond acceptors (Lipinski definition) is 5. The molecule has 1 aromatic heterocycles. The van der Waals surface area contributed by atoms with Crippen molar-refractivity contribution in [2.45, 2.75) is 44.8 Å². The van der Waals surface area contributed by atoms with Crippen molar-refractivity contribution in [3.8, 4) is 11.1 Å². The van der Waals surface area contributed by atoms with Crippen LogP contribution < -0.4 is 4.72 Å². The summed E-state index contributed by atoms with van der Waals surface area (Å²) in [4.78, 5) is 0. The molecule has 0 aliphatic rings. The molecule has 0 aliphatic carbocycles. The first kappa shape index (κ1) is 22.8. The van der Waals surface area contributed by atoms with Crippen LogP contribution in [0.15, 0.2) is 46.9 Å². The van der Waals surface area contributed by atoms with Gasteiger partial charge in [0.05, 0.1) is 6.61 Å². The number of rotatable bonds is 8. The number of fused-ring (bicyclic) bond motifs is 1. The van der Waals surface area contributed by atoms with Crippen molar-refractivity contribution in [3.63, 3.8) is 0 Å². The first-order valence-corrected chi connectivity index (χ1v) is 10.9. The molecule has 3 aromatic rings. The summed E-state index contributed by atoms with van der Waals surface area (Å²) in [6.45, 7) is 5.08. The average Bonchev–Trinajstić information content (AvgIpc) is 3.13. The number of methoxy groups -OCH3 is 1. The summed E-state index contributed by atoms with van der Waals surface area (Å²) < 4.78 is 39.8. The Balaban J connectivity index is 2.03. The van der Waals surface area contributed by atoms with Crippen LogP contribution in [-0.4, -0.2) is 28.2 Å². The van der Waals surface area contributed by atoms with Crippen LogP contribution >= 0.6 is 0 Å². The summed E-state index contributed by atoms with van der Waals surface area (Å²) in [6.07, 6.45) is 0. The minimum atomic E-state index is -1.40. The quantitative estimate of drug-likeness (QED) is 0.499. The molecule has 2 aromatic carbocycles. The molecule has 0 radical (unpaired) electrons. The molecule has 0 spiro atoms. The molecule has 2 atom stereocenters. The molecular weight excluding hydrogens is 405 g/mol. The summed E-state index contributed by atoms with van der Waals surface area (Å²) in [7, 11) is 1.60. The van der Waals surface area contributed by atoms with Crippen molar-refractivity contribution in [3.05, 3.63) is 59.4 Å². The van der Waals surface area contributed by atoms with Gasteiger partial charge in [0.15, 0.2) is 0 Å². The zero-order valence-corrected chi connectivity index (χ0v) is 18.5. The number of aliphatic hydroxyl groups is 1. The van der Waals surface area contributed by atoms with E-state index in [1.54, 1.807) is 7.11 Å². The molecular formula is C23H28FNO4S. The average molecular weight is 434 g/mol. The third-order valence-corrected chi connectivity index (χ3v) is 6.37. The molecule has 162 valence electrons. The Morgan fingerprint density at radius 3 is 2.63 bits per heavy atom. The fourth-order valence-electron chi connectivity index (χ4n) is 3.21. The Kier molecular flexibility index (Phi) is 7.21. The maximum Gasteiger partial charge on any atom is 0.142 e. The van der Waals surface area contributed by atoms with E-state index in [0.29, 0.717) is 23.5 Å². The molecule has 0 fully saturated rings. The van der Waals surface area contributed by atoms with Gasteiger partial charge in [-0.1, -0.05) is 18.2 Å². The predicted molar refractivity (Wildman–Crippen MR) is 118 cm³/mol. The number of alkyl halides is 1. The maximum absolute atomic E-state index is 13.8. The molecule has 0 amide bonds. The second-order valence-corrected chi connectivity index (χ2v) is 10.2. The first-order valence-electron chi connectivity index (χ1n) is 9.76. The number of ether oxygens (including phenoxy) is 1. The van der Waals surface area contributed by atoms with Gasteiger partial charge in [0.25, 0.3) is 0 Å². The number of nitrogens with one attached hydrogen (secondary N) is 1. The van der Waals surface area contributed by atoms with Gasteiger partial charge in [0, 0.05) is 29.4 Å². The molecule has 0 saturated heterocycles. The van der Waals surface area contributed by atoms with Crippen molar-refractivity contribution in [2.75, 3.05) is 13.8 Å². The van der Waals surface area contributed by atoms with Crippen LogP contribution in [0.5, 0.6) is 0 Å². The third-order valence-electron chi connectivity index (χ3n) is 4.76. The standard InChI is InChI=1S/C23H28FNO4S/c1-23(2,3)30(27)25-21(12-24)17-7-5-6-16(10-17)20-9-15(13-26)8-18-11-19(14-28-4)29-22(18)20/h5-11,21,25-26H,12-14H2,1-4H3/t21-,30+/m0/s1. The summed E-state index contributed by atoms with van der Waals surface area (Å²) in [5.41, 5.74) is 3.75. The van der Waals surface area contributed by atoms with Gasteiger partial charge in [-0.15, -0.1) is 4.72 Å². The highest BCUT2D eigenvalue weighted by Gasteiger charge is 2.30. The van der Waals surface area contributed by atoms with Gasteiger partial charge >= 0.3 is 0 Å². The first-order chi connectivity index (χ1) is 14.3. The minimum Gasteiger partial charge on any atom is -0.598 e. The van der Waals surface area contributed by atoms with Gasteiger partial charge in [-0.05, 0) is 61.7 Å². The van der Waals surface area contributed by atoms with E-state index in [1.165, 1.54) is 0 Å². The zero-order valence-electron chi connectivity index (χ0n) is 17.7. The monoisotopic (exact) mass is 433 g/mol. The fourth-order valence-corrected chi connectivity index (χ4v) is 4.02. The highest BCUT2D eigenvalue weighted by Crippen LogP contribution is 2.34. The van der Waals surface area contributed by atoms with Crippen LogP contribution in [0.25, 0.3) is 22.1 Å². The van der Waals surface area contributed by atoms with Gasteiger partial charge < -0.3 is 18.8 Å². The normalized spacial score (nSPS) is 14.2. The van der Waals surface area contributed by atoms with E-state index < -0.39 is 28.8 Å². The van der Waals surface area contributed by atoms with E-state index in [9.17, 15) is 14.0 Å². The maximum atomic E-state index is 13.8. The Labute approximate surface area is 179 Å². The summed E-state index contributed by atoms with van der Waals surface area (Å²) in [5, 5.41) is 10.6. The van der Waals surface area contributed by atoms with Gasteiger partial charge in [-0.3, -0.25) is 0 Å². The number of halogens is 1. The Morgan fingerprint density at radius 2 is 2.00 bits per heavy atom. The van der Waals surface area contributed by atoms with Crippen LogP contribution in [-0.2, 0) is 29.3 Å². The number of aliphatic hydroxyl groups excluding tert-OH is 1. The minimum absolute atomic E-state index is 0.105. The van der Waals surface area contributed by atoms with Crippen molar-refractivity contribution in [1.82, 2.24) is 4.72 Å². The molecule has 0 saturated carbocycles. The Morgan fingerprint density at radius 1 is 1.23 bits per heavy atom. The molecule has 0 aliphatic heterocycles. The van der Waals surface area contributed by atoms with Crippen LogP contribution in [0.4, 0.5) is 4.39 Å². The van der Waals surface area contributed by atoms with Crippen molar-refractivity contribution < 1.29 is 23.2 Å². The SMILES string of the molecule is COCc1cc2cc(CO)cc(-c3cccc([C@H](CF)N[S@+]([O-])C(C)(C)C)c3)c2o1. The molecule has 2 N–H and O–H groups in total. The summed E-state index contributed by atoms with van der Waals surface area (Å²) >= 11 is -1.40. The molecule has 7 heteroatoms. The lowest BCUT2D eigenvalue weighted by Gasteiger charge is -2.27. The van der Waals surface area contributed by atoms with E-state index in [-0.39, 0.29) is 6.61 Å². The lowest BCUT2D eigenvalue weighted by atomic mass is 9.97. The number of hydrogen-bond donors (Lipinski definition) is 2. The Bertz CT molecular complexity index is 999. The molecule has 5 nitrogen and oxygen atoms in total. The van der Waals surface area contributed by atoms with Crippen LogP contribution in [0.3, 0.4) is 0 Å². The highest BCUT2D eigenvalue weighted by molar-refractivity contribution is 7.90. The molecule has 1 heterocycles. The van der Waals surface area contributed by atoms with Gasteiger partial charge in [0.1, 0.15) is 35.4 Å². The van der Waals surface area contributed by atoms with Gasteiger partial charge in [0.2, 0.25) is 0 Å². The third kappa shape index (κ3) is 5.04. The summed E-state index contributed by atoms with van der Waals surface area (Å²) in [6, 6.07) is 12.4. The van der Waals surface area contributed by atoms with Gasteiger partial charge in [-0.25, -0.2) is 4.39 Å². The second kappa shape index (κ2) is 9.49. The van der Waals surface area contributed by atoms with Crippen LogP contribution in [0.1, 0.15) is 43.7 Å². The molecule has 0 unspecified atom stereocenters. The van der Waals surface area contributed by atoms with E-state index in [2.05, 4.69) is 4.72 Å². The lowest BCUT2D eigenvalue weighted by molar-refractivity contribution is 0.166. The van der Waals surface area contributed by atoms with Crippen molar-refractivity contribution >= 4 is 22.3 Å². The van der Waals surface area contributed by atoms with E-state index >= 15 is 0 Å². The smallest absolute Gasteiger partial charge is 0.142 e. The lowest BCUT2D eigenvalue weighted by Crippen LogP contribution is -2.41. The second-order valence-electron chi connectivity index (χ2n) is 8.20. The number of furan rings is 1. The molecule has 0 bridgehead atoms. The zero-order chi connectivity index (χ0) is 21.9. The van der Waals surface area contributed by atoms with E-state index in [1.807, 2.05) is 63.2 Å². The predicted octanol–water partition coefficient (Wildman–Crippen LogP) is 4.80. The Hall–Kier alpha value is -1.90. The molecule has 30 heavy (non-hydrogen) atoms. The molecule has 3 rings (SSSR count).